The van der Waals surface area contributed by atoms with Gasteiger partial charge in [0.2, 0.25) is 0 Å². The smallest absolute Gasteiger partial charge is 0.295 e. The molecular formula is C32H28N2O5. The molecule has 196 valence electrons. The molecule has 0 radical (unpaired) electrons. The van der Waals surface area contributed by atoms with Gasteiger partial charge in [-0.15, -0.1) is 0 Å². The third-order valence-electron chi connectivity index (χ3n) is 6.38. The molecule has 0 bridgehead atoms. The molecule has 1 aliphatic heterocycles. The first-order chi connectivity index (χ1) is 19.0. The number of aliphatic hydroxyl groups is 1. The molecule has 1 aromatic heterocycles. The predicted octanol–water partition coefficient (Wildman–Crippen LogP) is 6.28. The topological polar surface area (TPSA) is 89.0 Å². The van der Waals surface area contributed by atoms with Gasteiger partial charge in [-0.05, 0) is 66.1 Å². The van der Waals surface area contributed by atoms with Crippen molar-refractivity contribution in [2.45, 2.75) is 25.9 Å². The Balaban J connectivity index is 1.59. The van der Waals surface area contributed by atoms with Crippen LogP contribution in [0.3, 0.4) is 0 Å². The van der Waals surface area contributed by atoms with E-state index in [2.05, 4.69) is 4.98 Å². The molecular weight excluding hydrogens is 492 g/mol. The number of nitrogens with zero attached hydrogens (tertiary/aromatic N) is 2. The number of carbonyl (C=O) groups is 2. The zero-order chi connectivity index (χ0) is 27.2. The summed E-state index contributed by atoms with van der Waals surface area (Å²) in [5.41, 5.74) is 1.85. The van der Waals surface area contributed by atoms with Crippen molar-refractivity contribution in [3.63, 3.8) is 0 Å². The van der Waals surface area contributed by atoms with Crippen molar-refractivity contribution in [3.05, 3.63) is 126 Å². The Labute approximate surface area is 227 Å². The van der Waals surface area contributed by atoms with E-state index < -0.39 is 17.7 Å². The van der Waals surface area contributed by atoms with Gasteiger partial charge in [-0.25, -0.2) is 0 Å². The van der Waals surface area contributed by atoms with E-state index >= 15 is 0 Å². The molecule has 1 amide bonds. The number of hydrogen-bond acceptors (Lipinski definition) is 6. The summed E-state index contributed by atoms with van der Waals surface area (Å²) in [6, 6.07) is 26.2. The van der Waals surface area contributed by atoms with Gasteiger partial charge in [-0.1, -0.05) is 49.4 Å². The second-order valence-electron chi connectivity index (χ2n) is 9.15. The summed E-state index contributed by atoms with van der Waals surface area (Å²) in [6.07, 6.45) is 4.10. The van der Waals surface area contributed by atoms with Gasteiger partial charge in [0.1, 0.15) is 23.0 Å². The molecule has 0 saturated carbocycles. The monoisotopic (exact) mass is 520 g/mol. The molecule has 2 heterocycles. The molecule has 1 aliphatic rings. The van der Waals surface area contributed by atoms with Crippen LogP contribution in [-0.2, 0) is 16.1 Å². The highest BCUT2D eigenvalue weighted by Gasteiger charge is 2.46. The molecule has 7 heteroatoms. The van der Waals surface area contributed by atoms with Crippen molar-refractivity contribution >= 4 is 17.4 Å². The van der Waals surface area contributed by atoms with E-state index in [1.165, 1.54) is 4.90 Å². The molecule has 0 spiro atoms. The first-order valence-corrected chi connectivity index (χ1v) is 12.8. The second-order valence-corrected chi connectivity index (χ2v) is 9.15. The van der Waals surface area contributed by atoms with Crippen molar-refractivity contribution in [2.24, 2.45) is 0 Å². The average Bonchev–Trinajstić information content (AvgIpc) is 3.22. The van der Waals surface area contributed by atoms with Crippen LogP contribution in [0.15, 0.2) is 109 Å². The van der Waals surface area contributed by atoms with E-state index in [1.807, 2.05) is 43.3 Å². The molecule has 4 aromatic rings. The number of rotatable bonds is 9. The third-order valence-corrected chi connectivity index (χ3v) is 6.38. The number of pyridine rings is 1. The number of Topliss-reactive ketones (excluding diaryl/α,β-unsaturated/α-hetero) is 1. The van der Waals surface area contributed by atoms with Crippen LogP contribution in [0.1, 0.15) is 36.1 Å². The van der Waals surface area contributed by atoms with Crippen LogP contribution in [0.2, 0.25) is 0 Å². The molecule has 1 unspecified atom stereocenters. The van der Waals surface area contributed by atoms with Gasteiger partial charge in [-0.2, -0.15) is 0 Å². The highest BCUT2D eigenvalue weighted by Crippen LogP contribution is 2.41. The summed E-state index contributed by atoms with van der Waals surface area (Å²) in [6.45, 7) is 2.69. The highest BCUT2D eigenvalue weighted by atomic mass is 16.5. The number of ketones is 1. The standard InChI is InChI=1S/C32H28N2O5/c1-2-18-38-26-12-7-9-24(20-26)30(35)28-29(34(32(37)31(28)36)21-22-14-16-33-17-15-22)23-8-6-13-27(19-23)39-25-10-4-3-5-11-25/h3-17,19-20,29,35H,2,18,21H2,1H3/b30-28-. The zero-order valence-corrected chi connectivity index (χ0v) is 21.5. The minimum Gasteiger partial charge on any atom is -0.507 e. The SMILES string of the molecule is CCCOc1cccc(/C(O)=C2/C(=O)C(=O)N(Cc3ccncc3)C2c2cccc(Oc3ccccc3)c2)c1. The molecule has 1 fully saturated rings. The fourth-order valence-corrected chi connectivity index (χ4v) is 4.56. The fraction of sp³-hybridized carbons (Fsp3) is 0.156. The Kier molecular flexibility index (Phi) is 7.68. The van der Waals surface area contributed by atoms with E-state index in [-0.39, 0.29) is 17.9 Å². The van der Waals surface area contributed by atoms with Crippen molar-refractivity contribution in [2.75, 3.05) is 6.61 Å². The number of likely N-dealkylation sites (tertiary alicyclic amines) is 1. The van der Waals surface area contributed by atoms with E-state index in [0.717, 1.165) is 12.0 Å². The minimum atomic E-state index is -0.835. The number of carbonyl (C=O) groups excluding carboxylic acids is 2. The number of para-hydroxylation sites is 1. The number of amides is 1. The summed E-state index contributed by atoms with van der Waals surface area (Å²) in [7, 11) is 0. The van der Waals surface area contributed by atoms with Crippen LogP contribution in [-0.4, -0.2) is 33.3 Å². The third kappa shape index (κ3) is 5.67. The maximum Gasteiger partial charge on any atom is 0.295 e. The first kappa shape index (κ1) is 25.7. The van der Waals surface area contributed by atoms with Crippen molar-refractivity contribution in [3.8, 4) is 17.2 Å². The Hall–Kier alpha value is -4.91. The van der Waals surface area contributed by atoms with Gasteiger partial charge in [-0.3, -0.25) is 14.6 Å². The molecule has 39 heavy (non-hydrogen) atoms. The van der Waals surface area contributed by atoms with E-state index in [4.69, 9.17) is 9.47 Å². The lowest BCUT2D eigenvalue weighted by Crippen LogP contribution is -2.29. The lowest BCUT2D eigenvalue weighted by Gasteiger charge is -2.26. The second kappa shape index (κ2) is 11.6. The molecule has 0 aliphatic carbocycles. The quantitative estimate of drug-likeness (QED) is 0.159. The summed E-state index contributed by atoms with van der Waals surface area (Å²) in [5, 5.41) is 11.5. The average molecular weight is 521 g/mol. The van der Waals surface area contributed by atoms with Crippen LogP contribution in [0, 0.1) is 0 Å². The van der Waals surface area contributed by atoms with Gasteiger partial charge < -0.3 is 19.5 Å². The van der Waals surface area contributed by atoms with E-state index in [1.54, 1.807) is 67.0 Å². The summed E-state index contributed by atoms with van der Waals surface area (Å²) < 4.78 is 11.7. The van der Waals surface area contributed by atoms with Gasteiger partial charge in [0.15, 0.2) is 0 Å². The molecule has 5 rings (SSSR count). The van der Waals surface area contributed by atoms with E-state index in [9.17, 15) is 14.7 Å². The van der Waals surface area contributed by atoms with Crippen LogP contribution in [0.25, 0.3) is 5.76 Å². The minimum absolute atomic E-state index is 0.0126. The van der Waals surface area contributed by atoms with Crippen LogP contribution in [0.5, 0.6) is 17.2 Å². The van der Waals surface area contributed by atoms with Crippen molar-refractivity contribution in [1.82, 2.24) is 9.88 Å². The van der Waals surface area contributed by atoms with E-state index in [0.29, 0.717) is 35.0 Å². The highest BCUT2D eigenvalue weighted by molar-refractivity contribution is 6.46. The van der Waals surface area contributed by atoms with Gasteiger partial charge >= 0.3 is 0 Å². The number of aromatic nitrogens is 1. The van der Waals surface area contributed by atoms with Gasteiger partial charge in [0.05, 0.1) is 18.2 Å². The number of aliphatic hydroxyl groups excluding tert-OH is 1. The Morgan fingerprint density at radius 1 is 0.872 bits per heavy atom. The normalized spacial score (nSPS) is 16.3. The van der Waals surface area contributed by atoms with Crippen molar-refractivity contribution in [1.29, 1.82) is 0 Å². The van der Waals surface area contributed by atoms with Gasteiger partial charge in [0.25, 0.3) is 11.7 Å². The van der Waals surface area contributed by atoms with Crippen molar-refractivity contribution < 1.29 is 24.2 Å². The summed E-state index contributed by atoms with van der Waals surface area (Å²) in [5.74, 6) is 0.0770. The molecule has 1 N–H and O–H groups in total. The Morgan fingerprint density at radius 3 is 2.36 bits per heavy atom. The Bertz CT molecular complexity index is 1500. The number of hydrogen-bond donors (Lipinski definition) is 1. The lowest BCUT2D eigenvalue weighted by molar-refractivity contribution is -0.140. The maximum atomic E-state index is 13.5. The number of ether oxygens (including phenoxy) is 2. The predicted molar refractivity (Wildman–Crippen MR) is 147 cm³/mol. The first-order valence-electron chi connectivity index (χ1n) is 12.8. The lowest BCUT2D eigenvalue weighted by atomic mass is 9.95. The molecule has 1 atom stereocenters. The fourth-order valence-electron chi connectivity index (χ4n) is 4.56. The van der Waals surface area contributed by atoms with Crippen LogP contribution in [0.4, 0.5) is 0 Å². The largest absolute Gasteiger partial charge is 0.507 e. The molecule has 3 aromatic carbocycles. The molecule has 1 saturated heterocycles. The molecule has 7 nitrogen and oxygen atoms in total. The van der Waals surface area contributed by atoms with Crippen LogP contribution >= 0.6 is 0 Å². The van der Waals surface area contributed by atoms with Gasteiger partial charge in [0, 0.05) is 24.5 Å². The zero-order valence-electron chi connectivity index (χ0n) is 21.5. The summed E-state index contributed by atoms with van der Waals surface area (Å²) >= 11 is 0. The Morgan fingerprint density at radius 2 is 1.59 bits per heavy atom. The van der Waals surface area contributed by atoms with Crippen LogP contribution < -0.4 is 9.47 Å². The maximum absolute atomic E-state index is 13.5. The summed E-state index contributed by atoms with van der Waals surface area (Å²) in [4.78, 5) is 32.4. The number of benzene rings is 3.